The van der Waals surface area contributed by atoms with Gasteiger partial charge in [-0.3, -0.25) is 20.4 Å². The van der Waals surface area contributed by atoms with Gasteiger partial charge >= 0.3 is 12.3 Å². The number of anilines is 1. The molecule has 1 aromatic carbocycles. The van der Waals surface area contributed by atoms with Crippen LogP contribution in [0.5, 0.6) is 0 Å². The van der Waals surface area contributed by atoms with E-state index in [2.05, 4.69) is 15.3 Å². The fraction of sp³-hybridized carbons (Fsp3) is 0.118. The van der Waals surface area contributed by atoms with Crippen molar-refractivity contribution in [3.63, 3.8) is 0 Å². The Morgan fingerprint density at radius 3 is 2.50 bits per heavy atom. The summed E-state index contributed by atoms with van der Waals surface area (Å²) in [5.41, 5.74) is 11.6. The molecule has 9 nitrogen and oxygen atoms in total. The summed E-state index contributed by atoms with van der Waals surface area (Å²) in [7, 11) is 0. The summed E-state index contributed by atoms with van der Waals surface area (Å²) in [6, 6.07) is 9.81. The van der Waals surface area contributed by atoms with Crippen molar-refractivity contribution in [3.8, 4) is 11.3 Å². The van der Waals surface area contributed by atoms with E-state index in [4.69, 9.17) is 5.73 Å². The van der Waals surface area contributed by atoms with Crippen molar-refractivity contribution in [2.75, 3.05) is 5.73 Å². The van der Waals surface area contributed by atoms with Crippen molar-refractivity contribution in [3.05, 3.63) is 59.9 Å². The van der Waals surface area contributed by atoms with Crippen LogP contribution in [0.25, 0.3) is 11.3 Å². The lowest BCUT2D eigenvalue weighted by molar-refractivity contribution is -0.132. The number of nitrogens with one attached hydrogen (secondary N) is 2. The van der Waals surface area contributed by atoms with Gasteiger partial charge < -0.3 is 5.73 Å². The van der Waals surface area contributed by atoms with Crippen molar-refractivity contribution in [2.24, 2.45) is 0 Å². The molecule has 0 aliphatic rings. The first-order valence-electron chi connectivity index (χ1n) is 8.01. The average molecular weight is 387 g/mol. The zero-order valence-electron chi connectivity index (χ0n) is 14.3. The lowest BCUT2D eigenvalue weighted by atomic mass is 10.1. The second kappa shape index (κ2) is 8.20. The highest BCUT2D eigenvalue weighted by Gasteiger charge is 2.16. The maximum Gasteiger partial charge on any atom is 0.317 e. The predicted molar refractivity (Wildman–Crippen MR) is 94.8 cm³/mol. The predicted octanol–water partition coefficient (Wildman–Crippen LogP) is 0.997. The highest BCUT2D eigenvalue weighted by atomic mass is 19.3. The number of carbonyl (C=O) groups excluding carboxylic acids is 2. The fourth-order valence-electron chi connectivity index (χ4n) is 2.26. The van der Waals surface area contributed by atoms with E-state index < -0.39 is 18.2 Å². The minimum atomic E-state index is -3.21. The van der Waals surface area contributed by atoms with Gasteiger partial charge in [0.05, 0.1) is 12.7 Å². The lowest BCUT2D eigenvalue weighted by Gasteiger charge is -2.07. The topological polar surface area (TPSA) is 128 Å². The largest absolute Gasteiger partial charge is 0.384 e. The SMILES string of the molecule is Nc1ccc(-c2cn(Cc3ccc(C(=O)NNC(=O)C(F)F)cc3)nn2)cn1. The first-order chi connectivity index (χ1) is 13.4. The van der Waals surface area contributed by atoms with Gasteiger partial charge in [0.2, 0.25) is 0 Å². The van der Waals surface area contributed by atoms with Crippen LogP contribution in [0.1, 0.15) is 15.9 Å². The molecule has 2 heterocycles. The summed E-state index contributed by atoms with van der Waals surface area (Å²) in [5, 5.41) is 8.12. The molecule has 0 bridgehead atoms. The fourth-order valence-corrected chi connectivity index (χ4v) is 2.26. The van der Waals surface area contributed by atoms with Crippen LogP contribution >= 0.6 is 0 Å². The van der Waals surface area contributed by atoms with E-state index in [9.17, 15) is 18.4 Å². The molecular formula is C17H15F2N7O2. The maximum atomic E-state index is 12.1. The third-order valence-corrected chi connectivity index (χ3v) is 3.68. The number of halogens is 2. The first kappa shape index (κ1) is 18.9. The number of hydrogen-bond donors (Lipinski definition) is 3. The minimum absolute atomic E-state index is 0.200. The van der Waals surface area contributed by atoms with Crippen LogP contribution in [0.3, 0.4) is 0 Å². The highest BCUT2D eigenvalue weighted by molar-refractivity contribution is 5.95. The van der Waals surface area contributed by atoms with Gasteiger partial charge in [0.1, 0.15) is 11.5 Å². The molecule has 144 valence electrons. The Labute approximate surface area is 157 Å². The second-order valence-electron chi connectivity index (χ2n) is 5.71. The quantitative estimate of drug-likeness (QED) is 0.561. The summed E-state index contributed by atoms with van der Waals surface area (Å²) in [6.45, 7) is 0.402. The van der Waals surface area contributed by atoms with Gasteiger partial charge in [0, 0.05) is 17.3 Å². The second-order valence-corrected chi connectivity index (χ2v) is 5.71. The summed E-state index contributed by atoms with van der Waals surface area (Å²) in [4.78, 5) is 26.6. The lowest BCUT2D eigenvalue weighted by Crippen LogP contribution is -2.44. The van der Waals surface area contributed by atoms with Crippen LogP contribution in [0.15, 0.2) is 48.8 Å². The standard InChI is InChI=1S/C17H15F2N7O2/c18-15(19)17(28)24-23-16(27)11-3-1-10(2-4-11)8-26-9-13(22-25-26)12-5-6-14(20)21-7-12/h1-7,9,15H,8H2,(H2,20,21)(H,23,27)(H,24,28). The van der Waals surface area contributed by atoms with E-state index in [1.165, 1.54) is 12.1 Å². The van der Waals surface area contributed by atoms with Gasteiger partial charge in [-0.2, -0.15) is 8.78 Å². The molecular weight excluding hydrogens is 372 g/mol. The van der Waals surface area contributed by atoms with Crippen LogP contribution in [0.2, 0.25) is 0 Å². The van der Waals surface area contributed by atoms with Gasteiger partial charge in [-0.15, -0.1) is 5.10 Å². The Balaban J connectivity index is 1.61. The molecule has 11 heteroatoms. The van der Waals surface area contributed by atoms with Crippen molar-refractivity contribution >= 4 is 17.6 Å². The van der Waals surface area contributed by atoms with Gasteiger partial charge in [-0.1, -0.05) is 17.3 Å². The molecule has 0 atom stereocenters. The molecule has 0 saturated carbocycles. The molecule has 28 heavy (non-hydrogen) atoms. The minimum Gasteiger partial charge on any atom is -0.384 e. The van der Waals surface area contributed by atoms with E-state index in [0.29, 0.717) is 18.1 Å². The van der Waals surface area contributed by atoms with Crippen molar-refractivity contribution in [1.29, 1.82) is 0 Å². The van der Waals surface area contributed by atoms with Crippen LogP contribution in [0.4, 0.5) is 14.6 Å². The van der Waals surface area contributed by atoms with E-state index in [-0.39, 0.29) is 5.56 Å². The molecule has 0 aliphatic carbocycles. The number of benzene rings is 1. The van der Waals surface area contributed by atoms with E-state index in [0.717, 1.165) is 11.1 Å². The summed E-state index contributed by atoms with van der Waals surface area (Å²) < 4.78 is 25.8. The summed E-state index contributed by atoms with van der Waals surface area (Å²) in [6.07, 6.45) is 0.136. The molecule has 2 amide bonds. The number of hydrazine groups is 1. The highest BCUT2D eigenvalue weighted by Crippen LogP contribution is 2.16. The molecule has 3 aromatic rings. The molecule has 0 spiro atoms. The van der Waals surface area contributed by atoms with Crippen LogP contribution < -0.4 is 16.6 Å². The van der Waals surface area contributed by atoms with Crippen LogP contribution in [-0.2, 0) is 11.3 Å². The third kappa shape index (κ3) is 4.63. The molecule has 0 unspecified atom stereocenters. The summed E-state index contributed by atoms with van der Waals surface area (Å²) in [5.74, 6) is -1.88. The van der Waals surface area contributed by atoms with E-state index >= 15 is 0 Å². The molecule has 4 N–H and O–H groups in total. The molecule has 3 rings (SSSR count). The number of amides is 2. The number of carbonyl (C=O) groups is 2. The number of hydrogen-bond acceptors (Lipinski definition) is 6. The van der Waals surface area contributed by atoms with Gasteiger partial charge in [0.25, 0.3) is 5.91 Å². The Hall–Kier alpha value is -3.89. The normalized spacial score (nSPS) is 10.7. The smallest absolute Gasteiger partial charge is 0.317 e. The number of nitrogens with two attached hydrogens (primary N) is 1. The molecule has 0 fully saturated rings. The van der Waals surface area contributed by atoms with Gasteiger partial charge in [-0.25, -0.2) is 9.67 Å². The monoisotopic (exact) mass is 387 g/mol. The number of aromatic nitrogens is 4. The van der Waals surface area contributed by atoms with Gasteiger partial charge in [-0.05, 0) is 29.8 Å². The Morgan fingerprint density at radius 2 is 1.86 bits per heavy atom. The Bertz CT molecular complexity index is 972. The zero-order valence-corrected chi connectivity index (χ0v) is 14.3. The average Bonchev–Trinajstić information content (AvgIpc) is 3.15. The van der Waals surface area contributed by atoms with Crippen molar-refractivity contribution in [2.45, 2.75) is 13.0 Å². The first-order valence-corrected chi connectivity index (χ1v) is 8.01. The molecule has 2 aromatic heterocycles. The molecule has 0 radical (unpaired) electrons. The third-order valence-electron chi connectivity index (χ3n) is 3.68. The number of nitrogen functional groups attached to an aromatic ring is 1. The number of rotatable bonds is 5. The Kier molecular flexibility index (Phi) is 5.53. The zero-order chi connectivity index (χ0) is 20.1. The summed E-state index contributed by atoms with van der Waals surface area (Å²) >= 11 is 0. The Morgan fingerprint density at radius 1 is 1.11 bits per heavy atom. The van der Waals surface area contributed by atoms with Gasteiger partial charge in [0.15, 0.2) is 0 Å². The van der Waals surface area contributed by atoms with Crippen molar-refractivity contribution < 1.29 is 18.4 Å². The molecule has 0 saturated heterocycles. The number of nitrogens with zero attached hydrogens (tertiary/aromatic N) is 4. The molecule has 0 aliphatic heterocycles. The maximum absolute atomic E-state index is 12.1. The van der Waals surface area contributed by atoms with Crippen LogP contribution in [-0.4, -0.2) is 38.2 Å². The van der Waals surface area contributed by atoms with E-state index in [1.54, 1.807) is 46.8 Å². The number of alkyl halides is 2. The van der Waals surface area contributed by atoms with Crippen molar-refractivity contribution in [1.82, 2.24) is 30.8 Å². The van der Waals surface area contributed by atoms with E-state index in [1.807, 2.05) is 5.43 Å². The number of pyridine rings is 1. The van der Waals surface area contributed by atoms with Crippen LogP contribution in [0, 0.1) is 0 Å².